The molecule has 3 rings (SSSR count). The summed E-state index contributed by atoms with van der Waals surface area (Å²) in [5.41, 5.74) is 1.41. The number of hydrogen-bond acceptors (Lipinski definition) is 4. The third kappa shape index (κ3) is 4.92. The summed E-state index contributed by atoms with van der Waals surface area (Å²) in [4.78, 5) is 25.2. The zero-order chi connectivity index (χ0) is 19.9. The van der Waals surface area contributed by atoms with Crippen LogP contribution in [0.2, 0.25) is 5.02 Å². The fourth-order valence-electron chi connectivity index (χ4n) is 2.67. The topological polar surface area (TPSA) is 80.6 Å². The molecule has 144 valence electrons. The van der Waals surface area contributed by atoms with Crippen LogP contribution in [0.25, 0.3) is 0 Å². The first-order valence-corrected chi connectivity index (χ1v) is 8.97. The van der Waals surface area contributed by atoms with Crippen LogP contribution in [-0.4, -0.2) is 25.0 Å². The molecule has 0 saturated heterocycles. The number of anilines is 1. The molecule has 2 amide bonds. The summed E-state index contributed by atoms with van der Waals surface area (Å²) in [5.74, 6) is -0.191. The number of nitrogens with one attached hydrogen (secondary N) is 2. The second kappa shape index (κ2) is 9.10. The van der Waals surface area contributed by atoms with E-state index in [4.69, 9.17) is 20.8 Å². The highest BCUT2D eigenvalue weighted by molar-refractivity contribution is 6.32. The van der Waals surface area contributed by atoms with Crippen molar-refractivity contribution in [3.63, 3.8) is 0 Å². The Morgan fingerprint density at radius 3 is 2.54 bits per heavy atom. The summed E-state index contributed by atoms with van der Waals surface area (Å²) < 4.78 is 10.2. The summed E-state index contributed by atoms with van der Waals surface area (Å²) in [7, 11) is 1.51. The van der Waals surface area contributed by atoms with Crippen molar-refractivity contribution in [1.82, 2.24) is 5.32 Å². The first-order chi connectivity index (χ1) is 13.6. The van der Waals surface area contributed by atoms with Crippen molar-refractivity contribution in [2.45, 2.75) is 12.5 Å². The monoisotopic (exact) mass is 398 g/mol. The van der Waals surface area contributed by atoms with E-state index in [9.17, 15) is 9.59 Å². The number of ether oxygens (including phenoxy) is 1. The molecule has 0 saturated carbocycles. The average Bonchev–Trinajstić information content (AvgIpc) is 3.23. The van der Waals surface area contributed by atoms with Crippen molar-refractivity contribution in [2.75, 3.05) is 12.4 Å². The Labute approximate surface area is 167 Å². The van der Waals surface area contributed by atoms with Crippen LogP contribution < -0.4 is 15.4 Å². The summed E-state index contributed by atoms with van der Waals surface area (Å²) in [6, 6.07) is 16.7. The molecule has 1 heterocycles. The molecule has 0 spiro atoms. The lowest BCUT2D eigenvalue weighted by Gasteiger charge is -2.18. The minimum Gasteiger partial charge on any atom is -0.495 e. The third-order valence-electron chi connectivity index (χ3n) is 4.07. The molecule has 2 aromatic carbocycles. The maximum Gasteiger partial charge on any atom is 0.287 e. The molecular weight excluding hydrogens is 380 g/mol. The minimum absolute atomic E-state index is 0.137. The lowest BCUT2D eigenvalue weighted by atomic mass is 10.0. The number of amides is 2. The molecule has 0 bridgehead atoms. The van der Waals surface area contributed by atoms with Crippen molar-refractivity contribution in [3.05, 3.63) is 83.3 Å². The first-order valence-electron chi connectivity index (χ1n) is 8.59. The van der Waals surface area contributed by atoms with Gasteiger partial charge >= 0.3 is 0 Å². The van der Waals surface area contributed by atoms with E-state index in [1.54, 1.807) is 24.3 Å². The largest absolute Gasteiger partial charge is 0.495 e. The summed E-state index contributed by atoms with van der Waals surface area (Å²) in [5, 5.41) is 5.88. The van der Waals surface area contributed by atoms with Crippen LogP contribution in [0.5, 0.6) is 5.75 Å². The van der Waals surface area contributed by atoms with Gasteiger partial charge in [-0.25, -0.2) is 0 Å². The number of furan rings is 1. The second-order valence-electron chi connectivity index (χ2n) is 6.03. The zero-order valence-electron chi connectivity index (χ0n) is 15.1. The van der Waals surface area contributed by atoms with Gasteiger partial charge < -0.3 is 19.8 Å². The van der Waals surface area contributed by atoms with Crippen molar-refractivity contribution in [2.24, 2.45) is 0 Å². The standard InChI is InChI=1S/C21H19ClN2O4/c1-27-18-10-9-15(13-16(18)22)23-20(25)17(12-14-6-3-2-4-7-14)24-21(26)19-8-5-11-28-19/h2-11,13,17H,12H2,1H3,(H,23,25)(H,24,26)/t17-/m0/s1. The molecule has 1 aromatic heterocycles. The van der Waals surface area contributed by atoms with Crippen molar-refractivity contribution in [1.29, 1.82) is 0 Å². The van der Waals surface area contributed by atoms with Gasteiger partial charge in [0.15, 0.2) is 5.76 Å². The van der Waals surface area contributed by atoms with E-state index in [1.165, 1.54) is 19.4 Å². The molecule has 0 fully saturated rings. The van der Waals surface area contributed by atoms with Gasteiger partial charge in [-0.2, -0.15) is 0 Å². The predicted molar refractivity (Wildman–Crippen MR) is 107 cm³/mol. The maximum absolute atomic E-state index is 12.9. The molecule has 0 aliphatic heterocycles. The first kappa shape index (κ1) is 19.5. The molecule has 7 heteroatoms. The van der Waals surface area contributed by atoms with Crippen LogP contribution in [0, 0.1) is 0 Å². The lowest BCUT2D eigenvalue weighted by Crippen LogP contribution is -2.45. The molecule has 1 atom stereocenters. The molecule has 0 unspecified atom stereocenters. The number of methoxy groups -OCH3 is 1. The number of carbonyl (C=O) groups is 2. The van der Waals surface area contributed by atoms with Gasteiger partial charge in [0, 0.05) is 12.1 Å². The number of halogens is 1. The Balaban J connectivity index is 1.77. The van der Waals surface area contributed by atoms with Gasteiger partial charge in [-0.15, -0.1) is 0 Å². The van der Waals surface area contributed by atoms with E-state index >= 15 is 0 Å². The Morgan fingerprint density at radius 1 is 1.11 bits per heavy atom. The van der Waals surface area contributed by atoms with Gasteiger partial charge in [-0.05, 0) is 35.9 Å². The van der Waals surface area contributed by atoms with Gasteiger partial charge in [0.05, 0.1) is 18.4 Å². The minimum atomic E-state index is -0.805. The summed E-state index contributed by atoms with van der Waals surface area (Å²) >= 11 is 6.12. The predicted octanol–water partition coefficient (Wildman–Crippen LogP) is 3.92. The van der Waals surface area contributed by atoms with E-state index < -0.39 is 11.9 Å². The van der Waals surface area contributed by atoms with E-state index in [0.29, 0.717) is 22.9 Å². The molecule has 6 nitrogen and oxygen atoms in total. The molecule has 0 radical (unpaired) electrons. The average molecular weight is 399 g/mol. The van der Waals surface area contributed by atoms with Crippen molar-refractivity contribution < 1.29 is 18.7 Å². The maximum atomic E-state index is 12.9. The smallest absolute Gasteiger partial charge is 0.287 e. The van der Waals surface area contributed by atoms with Gasteiger partial charge in [0.25, 0.3) is 5.91 Å². The highest BCUT2D eigenvalue weighted by Crippen LogP contribution is 2.27. The molecule has 0 aliphatic carbocycles. The van der Waals surface area contributed by atoms with Crippen LogP contribution in [0.3, 0.4) is 0 Å². The van der Waals surface area contributed by atoms with Gasteiger partial charge in [-0.3, -0.25) is 9.59 Å². The Kier molecular flexibility index (Phi) is 6.34. The number of benzene rings is 2. The van der Waals surface area contributed by atoms with Crippen LogP contribution in [0.1, 0.15) is 16.1 Å². The fraction of sp³-hybridized carbons (Fsp3) is 0.143. The van der Waals surface area contributed by atoms with E-state index in [-0.39, 0.29) is 11.7 Å². The quantitative estimate of drug-likeness (QED) is 0.632. The van der Waals surface area contributed by atoms with Gasteiger partial charge in [0.1, 0.15) is 11.8 Å². The third-order valence-corrected chi connectivity index (χ3v) is 4.36. The Bertz CT molecular complexity index is 942. The number of hydrogen-bond donors (Lipinski definition) is 2. The number of carbonyl (C=O) groups excluding carboxylic acids is 2. The number of rotatable bonds is 7. The van der Waals surface area contributed by atoms with E-state index in [2.05, 4.69) is 10.6 Å². The van der Waals surface area contributed by atoms with Gasteiger partial charge in [0.2, 0.25) is 5.91 Å². The van der Waals surface area contributed by atoms with Crippen LogP contribution in [-0.2, 0) is 11.2 Å². The Morgan fingerprint density at radius 2 is 1.89 bits per heavy atom. The summed E-state index contributed by atoms with van der Waals surface area (Å²) in [6.45, 7) is 0. The Hall–Kier alpha value is -3.25. The van der Waals surface area contributed by atoms with Crippen molar-refractivity contribution in [3.8, 4) is 5.75 Å². The SMILES string of the molecule is COc1ccc(NC(=O)[C@H](Cc2ccccc2)NC(=O)c2ccco2)cc1Cl. The second-order valence-corrected chi connectivity index (χ2v) is 6.44. The van der Waals surface area contributed by atoms with E-state index in [1.807, 2.05) is 30.3 Å². The van der Waals surface area contributed by atoms with Crippen LogP contribution >= 0.6 is 11.6 Å². The highest BCUT2D eigenvalue weighted by atomic mass is 35.5. The molecule has 28 heavy (non-hydrogen) atoms. The zero-order valence-corrected chi connectivity index (χ0v) is 15.9. The summed E-state index contributed by atoms with van der Waals surface area (Å²) in [6.07, 6.45) is 1.73. The van der Waals surface area contributed by atoms with Gasteiger partial charge in [-0.1, -0.05) is 41.9 Å². The van der Waals surface area contributed by atoms with Crippen LogP contribution in [0.15, 0.2) is 71.3 Å². The fourth-order valence-corrected chi connectivity index (χ4v) is 2.93. The molecular formula is C21H19ClN2O4. The molecule has 0 aliphatic rings. The highest BCUT2D eigenvalue weighted by Gasteiger charge is 2.23. The lowest BCUT2D eigenvalue weighted by molar-refractivity contribution is -0.118. The van der Waals surface area contributed by atoms with Crippen LogP contribution in [0.4, 0.5) is 5.69 Å². The normalized spacial score (nSPS) is 11.5. The van der Waals surface area contributed by atoms with Crippen molar-refractivity contribution >= 4 is 29.1 Å². The molecule has 2 N–H and O–H groups in total. The van der Waals surface area contributed by atoms with E-state index in [0.717, 1.165) is 5.56 Å². The molecule has 3 aromatic rings.